The molecule has 0 aliphatic carbocycles. The van der Waals surface area contributed by atoms with E-state index in [1.165, 1.54) is 6.20 Å². The summed E-state index contributed by atoms with van der Waals surface area (Å²) in [6.45, 7) is 0. The van der Waals surface area contributed by atoms with Crippen LogP contribution in [0.25, 0.3) is 0 Å². The zero-order valence-electron chi connectivity index (χ0n) is 9.15. The van der Waals surface area contributed by atoms with Crippen LogP contribution in [0.1, 0.15) is 25.7 Å². The molecular weight excluding hydrogens is 286 g/mol. The van der Waals surface area contributed by atoms with Crippen molar-refractivity contribution >= 4 is 39.2 Å². The highest BCUT2D eigenvalue weighted by atomic mass is 79.9. The van der Waals surface area contributed by atoms with Gasteiger partial charge in [-0.2, -0.15) is 0 Å². The number of hydrogen-bond acceptors (Lipinski definition) is 4. The fraction of sp³-hybridized carbons (Fsp3) is 0.364. The first-order valence-corrected chi connectivity index (χ1v) is 6.15. The maximum Gasteiger partial charge on any atom is 0.235 e. The van der Waals surface area contributed by atoms with Crippen LogP contribution in [0.4, 0.5) is 11.5 Å². The van der Waals surface area contributed by atoms with Crippen molar-refractivity contribution in [2.24, 2.45) is 0 Å². The van der Waals surface area contributed by atoms with Crippen molar-refractivity contribution in [2.45, 2.75) is 25.7 Å². The van der Waals surface area contributed by atoms with Crippen molar-refractivity contribution < 1.29 is 9.59 Å². The third kappa shape index (κ3) is 2.46. The summed E-state index contributed by atoms with van der Waals surface area (Å²) in [5, 5.41) is 0. The number of rotatable bonds is 1. The van der Waals surface area contributed by atoms with Gasteiger partial charge in [0.2, 0.25) is 11.8 Å². The maximum absolute atomic E-state index is 11.9. The number of hydrogen-bond donors (Lipinski definition) is 1. The first-order valence-electron chi connectivity index (χ1n) is 5.36. The number of anilines is 2. The largest absolute Gasteiger partial charge is 0.397 e. The molecule has 0 bridgehead atoms. The van der Waals surface area contributed by atoms with Crippen LogP contribution in [0.5, 0.6) is 0 Å². The zero-order valence-corrected chi connectivity index (χ0v) is 10.7. The lowest BCUT2D eigenvalue weighted by Crippen LogP contribution is -2.36. The molecule has 0 spiro atoms. The van der Waals surface area contributed by atoms with E-state index in [1.807, 2.05) is 0 Å². The van der Waals surface area contributed by atoms with Gasteiger partial charge in [-0.25, -0.2) is 9.88 Å². The minimum absolute atomic E-state index is 0.203. The molecule has 90 valence electrons. The molecule has 1 aliphatic rings. The molecule has 0 saturated carbocycles. The Kier molecular flexibility index (Phi) is 3.42. The highest BCUT2D eigenvalue weighted by Gasteiger charge is 2.28. The summed E-state index contributed by atoms with van der Waals surface area (Å²) < 4.78 is 0.557. The van der Waals surface area contributed by atoms with Gasteiger partial charge in [0.1, 0.15) is 0 Å². The number of nitrogens with two attached hydrogens (primary N) is 1. The number of aromatic nitrogens is 1. The standard InChI is InChI=1S/C11H12BrN3O2/c12-8-5-7(13)6-14-11(8)15-9(16)3-1-2-4-10(15)17/h5-6H,1-4,13H2. The fourth-order valence-corrected chi connectivity index (χ4v) is 2.31. The molecule has 0 atom stereocenters. The van der Waals surface area contributed by atoms with E-state index in [2.05, 4.69) is 20.9 Å². The summed E-state index contributed by atoms with van der Waals surface area (Å²) >= 11 is 3.27. The molecule has 0 unspecified atom stereocenters. The number of nitrogen functional groups attached to an aromatic ring is 1. The van der Waals surface area contributed by atoms with Gasteiger partial charge in [-0.1, -0.05) is 0 Å². The van der Waals surface area contributed by atoms with Crippen molar-refractivity contribution in [3.63, 3.8) is 0 Å². The second kappa shape index (κ2) is 4.83. The second-order valence-corrected chi connectivity index (χ2v) is 4.76. The summed E-state index contributed by atoms with van der Waals surface area (Å²) in [6.07, 6.45) is 3.68. The third-order valence-corrected chi connectivity index (χ3v) is 3.17. The van der Waals surface area contributed by atoms with E-state index in [1.54, 1.807) is 6.07 Å². The Morgan fingerprint density at radius 2 is 1.82 bits per heavy atom. The molecule has 1 fully saturated rings. The Hall–Kier alpha value is -1.43. The molecule has 0 aromatic carbocycles. The van der Waals surface area contributed by atoms with E-state index in [0.717, 1.165) is 17.7 Å². The fourth-order valence-electron chi connectivity index (χ4n) is 1.76. The van der Waals surface area contributed by atoms with Gasteiger partial charge < -0.3 is 5.73 Å². The first kappa shape index (κ1) is 12.0. The lowest BCUT2D eigenvalue weighted by atomic mass is 10.2. The number of halogens is 1. The molecule has 2 N–H and O–H groups in total. The number of amides is 2. The summed E-state index contributed by atoms with van der Waals surface area (Å²) in [7, 11) is 0. The van der Waals surface area contributed by atoms with E-state index >= 15 is 0 Å². The Morgan fingerprint density at radius 1 is 1.24 bits per heavy atom. The van der Waals surface area contributed by atoms with Crippen LogP contribution < -0.4 is 10.6 Å². The van der Waals surface area contributed by atoms with Crippen LogP contribution in [0, 0.1) is 0 Å². The quantitative estimate of drug-likeness (QED) is 0.803. The summed E-state index contributed by atoms with van der Waals surface area (Å²) in [4.78, 5) is 29.0. The van der Waals surface area contributed by atoms with Gasteiger partial charge in [0.15, 0.2) is 5.82 Å². The number of imide groups is 1. The molecular formula is C11H12BrN3O2. The zero-order chi connectivity index (χ0) is 12.4. The highest BCUT2D eigenvalue weighted by molar-refractivity contribution is 9.10. The van der Waals surface area contributed by atoms with Gasteiger partial charge in [0.25, 0.3) is 0 Å². The molecule has 1 aromatic rings. The van der Waals surface area contributed by atoms with Gasteiger partial charge in [0, 0.05) is 12.8 Å². The minimum Gasteiger partial charge on any atom is -0.397 e. The Labute approximate surface area is 107 Å². The summed E-state index contributed by atoms with van der Waals surface area (Å²) in [5.41, 5.74) is 6.06. The van der Waals surface area contributed by atoms with Crippen LogP contribution in [-0.4, -0.2) is 16.8 Å². The molecule has 1 aromatic heterocycles. The Bertz CT molecular complexity index is 458. The molecule has 6 heteroatoms. The van der Waals surface area contributed by atoms with Crippen LogP contribution in [-0.2, 0) is 9.59 Å². The average Bonchev–Trinajstić information content (AvgIpc) is 2.42. The first-order chi connectivity index (χ1) is 8.09. The van der Waals surface area contributed by atoms with Crippen molar-refractivity contribution in [3.8, 4) is 0 Å². The van der Waals surface area contributed by atoms with Crippen LogP contribution >= 0.6 is 15.9 Å². The van der Waals surface area contributed by atoms with Gasteiger partial charge in [-0.15, -0.1) is 0 Å². The van der Waals surface area contributed by atoms with E-state index in [-0.39, 0.29) is 11.8 Å². The Balaban J connectivity index is 2.41. The predicted octanol–water partition coefficient (Wildman–Crippen LogP) is 1.86. The highest BCUT2D eigenvalue weighted by Crippen LogP contribution is 2.28. The van der Waals surface area contributed by atoms with E-state index in [4.69, 9.17) is 5.73 Å². The number of pyridine rings is 1. The average molecular weight is 298 g/mol. The third-order valence-electron chi connectivity index (χ3n) is 2.58. The molecule has 2 rings (SSSR count). The van der Waals surface area contributed by atoms with Crippen molar-refractivity contribution in [1.82, 2.24) is 4.98 Å². The number of nitrogens with zero attached hydrogens (tertiary/aromatic N) is 2. The topological polar surface area (TPSA) is 76.3 Å². The van der Waals surface area contributed by atoms with Crippen molar-refractivity contribution in [1.29, 1.82) is 0 Å². The van der Waals surface area contributed by atoms with Crippen molar-refractivity contribution in [2.75, 3.05) is 10.6 Å². The lowest BCUT2D eigenvalue weighted by Gasteiger charge is -2.18. The van der Waals surface area contributed by atoms with Crippen LogP contribution in [0.3, 0.4) is 0 Å². The normalized spacial score (nSPS) is 17.1. The summed E-state index contributed by atoms with van der Waals surface area (Å²) in [5.74, 6) is -0.0768. The molecule has 2 amide bonds. The van der Waals surface area contributed by atoms with E-state index in [9.17, 15) is 9.59 Å². The SMILES string of the molecule is Nc1cnc(N2C(=O)CCCCC2=O)c(Br)c1. The smallest absolute Gasteiger partial charge is 0.235 e. The van der Waals surface area contributed by atoms with Gasteiger partial charge in [0.05, 0.1) is 16.4 Å². The summed E-state index contributed by atoms with van der Waals surface area (Å²) in [6, 6.07) is 1.63. The second-order valence-electron chi connectivity index (χ2n) is 3.90. The van der Waals surface area contributed by atoms with Crippen molar-refractivity contribution in [3.05, 3.63) is 16.7 Å². The van der Waals surface area contributed by atoms with E-state index in [0.29, 0.717) is 28.8 Å². The Morgan fingerprint density at radius 3 is 2.35 bits per heavy atom. The lowest BCUT2D eigenvalue weighted by molar-refractivity contribution is -0.125. The molecule has 0 radical (unpaired) electrons. The number of carbonyl (C=O) groups is 2. The molecule has 17 heavy (non-hydrogen) atoms. The van der Waals surface area contributed by atoms with Crippen LogP contribution in [0.2, 0.25) is 0 Å². The predicted molar refractivity (Wildman–Crippen MR) is 67.3 cm³/mol. The monoisotopic (exact) mass is 297 g/mol. The molecule has 5 nitrogen and oxygen atoms in total. The van der Waals surface area contributed by atoms with Gasteiger partial charge >= 0.3 is 0 Å². The van der Waals surface area contributed by atoms with Crippen LogP contribution in [0.15, 0.2) is 16.7 Å². The minimum atomic E-state index is -0.203. The van der Waals surface area contributed by atoms with Gasteiger partial charge in [-0.05, 0) is 34.8 Å². The van der Waals surface area contributed by atoms with E-state index < -0.39 is 0 Å². The van der Waals surface area contributed by atoms with Gasteiger partial charge in [-0.3, -0.25) is 9.59 Å². The molecule has 1 aliphatic heterocycles. The number of carbonyl (C=O) groups excluding carboxylic acids is 2. The molecule has 2 heterocycles. The maximum atomic E-state index is 11.9. The molecule has 1 saturated heterocycles.